The number of likely N-dealkylation sites (N-methyl/N-ethyl adjacent to an activating group) is 1. The van der Waals surface area contributed by atoms with Crippen LogP contribution in [0.1, 0.15) is 24.8 Å². The number of nitrogens with two attached hydrogens (primary N) is 1. The number of thioether (sulfide) groups is 1. The summed E-state index contributed by atoms with van der Waals surface area (Å²) in [6.07, 6.45) is 5.82. The minimum absolute atomic E-state index is 0.366. The van der Waals surface area contributed by atoms with Gasteiger partial charge in [-0.15, -0.1) is 11.8 Å². The van der Waals surface area contributed by atoms with Crippen molar-refractivity contribution in [2.45, 2.75) is 42.8 Å². The van der Waals surface area contributed by atoms with E-state index >= 15 is 0 Å². The molecule has 2 rings (SSSR count). The van der Waals surface area contributed by atoms with Gasteiger partial charge < -0.3 is 5.73 Å². The molecule has 1 fully saturated rings. The molecule has 17 heavy (non-hydrogen) atoms. The predicted molar refractivity (Wildman–Crippen MR) is 75.3 cm³/mol. The van der Waals surface area contributed by atoms with Gasteiger partial charge in [-0.25, -0.2) is 0 Å². The summed E-state index contributed by atoms with van der Waals surface area (Å²) in [5, 5.41) is 0. The van der Waals surface area contributed by atoms with Crippen molar-refractivity contribution in [3.05, 3.63) is 29.8 Å². The Morgan fingerprint density at radius 3 is 2.53 bits per heavy atom. The molecule has 0 spiro atoms. The molecule has 0 aliphatic heterocycles. The quantitative estimate of drug-likeness (QED) is 0.833. The van der Waals surface area contributed by atoms with Crippen molar-refractivity contribution in [1.29, 1.82) is 0 Å². The van der Waals surface area contributed by atoms with Gasteiger partial charge in [0.15, 0.2) is 0 Å². The van der Waals surface area contributed by atoms with Crippen molar-refractivity contribution >= 4 is 11.8 Å². The fourth-order valence-corrected chi connectivity index (χ4v) is 3.06. The van der Waals surface area contributed by atoms with Crippen molar-refractivity contribution in [2.75, 3.05) is 13.3 Å². The number of benzene rings is 1. The second-order valence-electron chi connectivity index (χ2n) is 4.93. The first kappa shape index (κ1) is 12.9. The van der Waals surface area contributed by atoms with Gasteiger partial charge in [0, 0.05) is 23.5 Å². The molecule has 1 saturated carbocycles. The summed E-state index contributed by atoms with van der Waals surface area (Å²) in [6, 6.07) is 9.77. The van der Waals surface area contributed by atoms with E-state index in [0.29, 0.717) is 12.1 Å². The molecular formula is C14H22N2S. The van der Waals surface area contributed by atoms with Gasteiger partial charge in [-0.3, -0.25) is 4.90 Å². The Labute approximate surface area is 109 Å². The summed E-state index contributed by atoms with van der Waals surface area (Å²) in [6.45, 7) is 1.01. The van der Waals surface area contributed by atoms with E-state index in [1.165, 1.54) is 29.7 Å². The topological polar surface area (TPSA) is 29.3 Å². The van der Waals surface area contributed by atoms with Crippen LogP contribution in [0.3, 0.4) is 0 Å². The summed E-state index contributed by atoms with van der Waals surface area (Å²) in [5.41, 5.74) is 7.51. The maximum Gasteiger partial charge on any atom is 0.0247 e. The molecule has 0 aromatic heterocycles. The zero-order chi connectivity index (χ0) is 12.3. The molecular weight excluding hydrogens is 228 g/mol. The SMILES string of the molecule is CSc1ccc(CN(C)C2CCCC2N)cc1. The lowest BCUT2D eigenvalue weighted by atomic mass is 10.1. The maximum atomic E-state index is 6.13. The van der Waals surface area contributed by atoms with E-state index in [1.807, 2.05) is 0 Å². The van der Waals surface area contributed by atoms with Crippen molar-refractivity contribution in [1.82, 2.24) is 4.90 Å². The van der Waals surface area contributed by atoms with Gasteiger partial charge in [0.1, 0.15) is 0 Å². The Hall–Kier alpha value is -0.510. The van der Waals surface area contributed by atoms with Crippen LogP contribution in [0, 0.1) is 0 Å². The summed E-state index contributed by atoms with van der Waals surface area (Å²) in [5.74, 6) is 0. The molecule has 1 aliphatic carbocycles. The molecule has 0 radical (unpaired) electrons. The molecule has 94 valence electrons. The van der Waals surface area contributed by atoms with Crippen LogP contribution in [0.4, 0.5) is 0 Å². The average molecular weight is 250 g/mol. The standard InChI is InChI=1S/C14H22N2S/c1-16(14-5-3-4-13(14)15)10-11-6-8-12(17-2)9-7-11/h6-9,13-14H,3-5,10,15H2,1-2H3. The van der Waals surface area contributed by atoms with Gasteiger partial charge in [-0.1, -0.05) is 18.6 Å². The normalized spacial score (nSPS) is 24.5. The number of rotatable bonds is 4. The number of hydrogen-bond acceptors (Lipinski definition) is 3. The predicted octanol–water partition coefficient (Wildman–Crippen LogP) is 2.72. The zero-order valence-electron chi connectivity index (χ0n) is 10.7. The van der Waals surface area contributed by atoms with E-state index < -0.39 is 0 Å². The van der Waals surface area contributed by atoms with Crippen molar-refractivity contribution in [3.63, 3.8) is 0 Å². The molecule has 0 bridgehead atoms. The zero-order valence-corrected chi connectivity index (χ0v) is 11.5. The fraction of sp³-hybridized carbons (Fsp3) is 0.571. The van der Waals surface area contributed by atoms with Gasteiger partial charge in [-0.05, 0) is 43.8 Å². The van der Waals surface area contributed by atoms with Crippen LogP contribution < -0.4 is 5.73 Å². The minimum atomic E-state index is 0.366. The molecule has 2 nitrogen and oxygen atoms in total. The Kier molecular flexibility index (Phi) is 4.48. The first-order valence-corrected chi connectivity index (χ1v) is 7.52. The van der Waals surface area contributed by atoms with Crippen molar-refractivity contribution in [2.24, 2.45) is 5.73 Å². The van der Waals surface area contributed by atoms with E-state index in [1.54, 1.807) is 11.8 Å². The smallest absolute Gasteiger partial charge is 0.0247 e. The van der Waals surface area contributed by atoms with E-state index in [4.69, 9.17) is 5.73 Å². The third kappa shape index (κ3) is 3.24. The van der Waals surface area contributed by atoms with Crippen LogP contribution in [0.25, 0.3) is 0 Å². The van der Waals surface area contributed by atoms with E-state index in [-0.39, 0.29) is 0 Å². The monoisotopic (exact) mass is 250 g/mol. The summed E-state index contributed by atoms with van der Waals surface area (Å²) < 4.78 is 0. The number of hydrogen-bond donors (Lipinski definition) is 1. The summed E-state index contributed by atoms with van der Waals surface area (Å²) in [7, 11) is 2.19. The third-order valence-corrected chi connectivity index (χ3v) is 4.43. The molecule has 1 aliphatic rings. The van der Waals surface area contributed by atoms with Crippen LogP contribution in [-0.2, 0) is 6.54 Å². The Balaban J connectivity index is 1.95. The number of nitrogens with zero attached hydrogens (tertiary/aromatic N) is 1. The molecule has 1 aromatic carbocycles. The first-order chi connectivity index (χ1) is 8.20. The molecule has 1 aromatic rings. The lowest BCUT2D eigenvalue weighted by molar-refractivity contribution is 0.220. The lowest BCUT2D eigenvalue weighted by Crippen LogP contribution is -2.41. The maximum absolute atomic E-state index is 6.13. The molecule has 0 heterocycles. The van der Waals surface area contributed by atoms with Crippen LogP contribution >= 0.6 is 11.8 Å². The molecule has 0 saturated heterocycles. The van der Waals surface area contributed by atoms with E-state index in [2.05, 4.69) is 42.5 Å². The van der Waals surface area contributed by atoms with E-state index in [9.17, 15) is 0 Å². The lowest BCUT2D eigenvalue weighted by Gasteiger charge is -2.27. The van der Waals surface area contributed by atoms with Crippen LogP contribution in [0.2, 0.25) is 0 Å². The van der Waals surface area contributed by atoms with Crippen molar-refractivity contribution < 1.29 is 0 Å². The first-order valence-electron chi connectivity index (χ1n) is 6.29. The van der Waals surface area contributed by atoms with Crippen LogP contribution in [-0.4, -0.2) is 30.3 Å². The highest BCUT2D eigenvalue weighted by atomic mass is 32.2. The Morgan fingerprint density at radius 2 is 2.00 bits per heavy atom. The van der Waals surface area contributed by atoms with Gasteiger partial charge in [0.25, 0.3) is 0 Å². The van der Waals surface area contributed by atoms with Gasteiger partial charge >= 0.3 is 0 Å². The summed E-state index contributed by atoms with van der Waals surface area (Å²) in [4.78, 5) is 3.74. The highest BCUT2D eigenvalue weighted by Gasteiger charge is 2.27. The van der Waals surface area contributed by atoms with Gasteiger partial charge in [-0.2, -0.15) is 0 Å². The Bertz CT molecular complexity index is 350. The molecule has 2 N–H and O–H groups in total. The molecule has 3 heteroatoms. The average Bonchev–Trinajstić information content (AvgIpc) is 2.76. The summed E-state index contributed by atoms with van der Waals surface area (Å²) >= 11 is 1.79. The molecule has 2 unspecified atom stereocenters. The largest absolute Gasteiger partial charge is 0.326 e. The van der Waals surface area contributed by atoms with Crippen molar-refractivity contribution in [3.8, 4) is 0 Å². The minimum Gasteiger partial charge on any atom is -0.326 e. The van der Waals surface area contributed by atoms with Gasteiger partial charge in [0.05, 0.1) is 0 Å². The highest BCUT2D eigenvalue weighted by molar-refractivity contribution is 7.98. The van der Waals surface area contributed by atoms with Crippen LogP contribution in [0.5, 0.6) is 0 Å². The Morgan fingerprint density at radius 1 is 1.29 bits per heavy atom. The third-order valence-electron chi connectivity index (χ3n) is 3.69. The molecule has 0 amide bonds. The highest BCUT2D eigenvalue weighted by Crippen LogP contribution is 2.23. The fourth-order valence-electron chi connectivity index (χ4n) is 2.65. The van der Waals surface area contributed by atoms with E-state index in [0.717, 1.165) is 6.54 Å². The second kappa shape index (κ2) is 5.89. The van der Waals surface area contributed by atoms with Gasteiger partial charge in [0.2, 0.25) is 0 Å². The second-order valence-corrected chi connectivity index (χ2v) is 5.80. The van der Waals surface area contributed by atoms with Crippen LogP contribution in [0.15, 0.2) is 29.2 Å². The molecule has 2 atom stereocenters.